The Morgan fingerprint density at radius 2 is 2.16 bits per heavy atom. The predicted molar refractivity (Wildman–Crippen MR) is 83.6 cm³/mol. The van der Waals surface area contributed by atoms with Crippen molar-refractivity contribution >= 4 is 27.5 Å². The third kappa shape index (κ3) is 3.72. The van der Waals surface area contributed by atoms with Gasteiger partial charge in [0.1, 0.15) is 0 Å². The first kappa shape index (κ1) is 13.9. The van der Waals surface area contributed by atoms with E-state index < -0.39 is 0 Å². The molecule has 1 aromatic rings. The summed E-state index contributed by atoms with van der Waals surface area (Å²) in [7, 11) is 0. The second-order valence-corrected chi connectivity index (χ2v) is 6.96. The molecule has 1 unspecified atom stereocenters. The van der Waals surface area contributed by atoms with Crippen LogP contribution < -0.4 is 5.32 Å². The lowest BCUT2D eigenvalue weighted by Crippen LogP contribution is -2.38. The van der Waals surface area contributed by atoms with Crippen molar-refractivity contribution in [2.45, 2.75) is 44.3 Å². The van der Waals surface area contributed by atoms with E-state index >= 15 is 0 Å². The molecule has 1 aliphatic heterocycles. The van der Waals surface area contributed by atoms with Crippen molar-refractivity contribution in [1.29, 1.82) is 0 Å². The van der Waals surface area contributed by atoms with Crippen LogP contribution in [-0.2, 0) is 6.54 Å². The van der Waals surface area contributed by atoms with Gasteiger partial charge in [-0.2, -0.15) is 0 Å². The Hall–Kier alpha value is -0.0900. The van der Waals surface area contributed by atoms with Crippen LogP contribution in [0.15, 0.2) is 22.7 Å². The van der Waals surface area contributed by atoms with Gasteiger partial charge in [-0.1, -0.05) is 17.7 Å². The van der Waals surface area contributed by atoms with E-state index in [-0.39, 0.29) is 0 Å². The van der Waals surface area contributed by atoms with Gasteiger partial charge in [-0.25, -0.2) is 0 Å². The zero-order chi connectivity index (χ0) is 13.2. The molecule has 2 aliphatic rings. The summed E-state index contributed by atoms with van der Waals surface area (Å²) in [6.45, 7) is 3.42. The first-order chi connectivity index (χ1) is 9.22. The van der Waals surface area contributed by atoms with Gasteiger partial charge in [0, 0.05) is 29.6 Å². The number of benzene rings is 1. The van der Waals surface area contributed by atoms with Gasteiger partial charge in [0.25, 0.3) is 0 Å². The van der Waals surface area contributed by atoms with Crippen LogP contribution in [0.5, 0.6) is 0 Å². The van der Waals surface area contributed by atoms with Gasteiger partial charge in [-0.15, -0.1) is 0 Å². The summed E-state index contributed by atoms with van der Waals surface area (Å²) in [6, 6.07) is 7.78. The highest BCUT2D eigenvalue weighted by Gasteiger charge is 2.31. The van der Waals surface area contributed by atoms with Crippen molar-refractivity contribution < 1.29 is 0 Å². The zero-order valence-electron chi connectivity index (χ0n) is 11.0. The Morgan fingerprint density at radius 3 is 2.79 bits per heavy atom. The van der Waals surface area contributed by atoms with Crippen LogP contribution in [0.3, 0.4) is 0 Å². The minimum atomic E-state index is 0.691. The van der Waals surface area contributed by atoms with E-state index in [1.165, 1.54) is 44.3 Å². The third-order valence-electron chi connectivity index (χ3n) is 4.05. The molecule has 1 aliphatic carbocycles. The molecule has 0 radical (unpaired) electrons. The fourth-order valence-electron chi connectivity index (χ4n) is 2.85. The SMILES string of the molecule is Clc1ccc(CN(CC2CCCN2)C2CC2)cc1Br. The van der Waals surface area contributed by atoms with Crippen LogP contribution in [0, 0.1) is 0 Å². The molecule has 0 bridgehead atoms. The standard InChI is InChI=1S/C15H20BrClN2/c16-14-8-11(3-6-15(14)17)9-19(13-4-5-13)10-12-2-1-7-18-12/h3,6,8,12-13,18H,1-2,4-5,7,9-10H2. The molecule has 104 valence electrons. The largest absolute Gasteiger partial charge is 0.313 e. The van der Waals surface area contributed by atoms with E-state index in [2.05, 4.69) is 38.3 Å². The van der Waals surface area contributed by atoms with Gasteiger partial charge in [0.2, 0.25) is 0 Å². The molecule has 0 spiro atoms. The van der Waals surface area contributed by atoms with Crippen molar-refractivity contribution in [3.05, 3.63) is 33.3 Å². The Morgan fingerprint density at radius 1 is 1.32 bits per heavy atom. The molecule has 1 atom stereocenters. The second-order valence-electron chi connectivity index (χ2n) is 5.70. The fourth-order valence-corrected chi connectivity index (χ4v) is 3.39. The highest BCUT2D eigenvalue weighted by atomic mass is 79.9. The van der Waals surface area contributed by atoms with Gasteiger partial charge in [-0.05, 0) is 65.9 Å². The van der Waals surface area contributed by atoms with Crippen LogP contribution >= 0.6 is 27.5 Å². The number of nitrogens with zero attached hydrogens (tertiary/aromatic N) is 1. The minimum absolute atomic E-state index is 0.691. The topological polar surface area (TPSA) is 15.3 Å². The normalized spacial score (nSPS) is 23.2. The predicted octanol–water partition coefficient (Wildman–Crippen LogP) is 3.82. The van der Waals surface area contributed by atoms with E-state index in [9.17, 15) is 0 Å². The van der Waals surface area contributed by atoms with Crippen molar-refractivity contribution in [3.8, 4) is 0 Å². The average Bonchev–Trinajstić information content (AvgIpc) is 3.12. The molecule has 1 N–H and O–H groups in total. The van der Waals surface area contributed by atoms with Crippen LogP contribution in [-0.4, -0.2) is 30.1 Å². The third-order valence-corrected chi connectivity index (χ3v) is 5.26. The lowest BCUT2D eigenvalue weighted by molar-refractivity contribution is 0.231. The molecular weight excluding hydrogens is 324 g/mol. The zero-order valence-corrected chi connectivity index (χ0v) is 13.4. The Balaban J connectivity index is 1.64. The molecule has 2 nitrogen and oxygen atoms in total. The first-order valence-electron chi connectivity index (χ1n) is 7.14. The first-order valence-corrected chi connectivity index (χ1v) is 8.31. The molecule has 2 fully saturated rings. The number of hydrogen-bond acceptors (Lipinski definition) is 2. The summed E-state index contributed by atoms with van der Waals surface area (Å²) in [5, 5.41) is 4.39. The van der Waals surface area contributed by atoms with E-state index in [4.69, 9.17) is 11.6 Å². The molecule has 19 heavy (non-hydrogen) atoms. The number of hydrogen-bond donors (Lipinski definition) is 1. The molecule has 0 aromatic heterocycles. The molecule has 1 saturated heterocycles. The maximum Gasteiger partial charge on any atom is 0.0548 e. The van der Waals surface area contributed by atoms with Gasteiger partial charge >= 0.3 is 0 Å². The van der Waals surface area contributed by atoms with Crippen LogP contribution in [0.2, 0.25) is 5.02 Å². The maximum atomic E-state index is 6.06. The molecule has 0 amide bonds. The molecule has 1 aromatic carbocycles. The highest BCUT2D eigenvalue weighted by molar-refractivity contribution is 9.10. The molecule has 4 heteroatoms. The summed E-state index contributed by atoms with van der Waals surface area (Å²) in [4.78, 5) is 2.64. The summed E-state index contributed by atoms with van der Waals surface area (Å²) in [5.41, 5.74) is 1.35. The smallest absolute Gasteiger partial charge is 0.0548 e. The monoisotopic (exact) mass is 342 g/mol. The van der Waals surface area contributed by atoms with Gasteiger partial charge in [0.05, 0.1) is 5.02 Å². The average molecular weight is 344 g/mol. The Labute approximate surface area is 128 Å². The van der Waals surface area contributed by atoms with Crippen molar-refractivity contribution in [2.75, 3.05) is 13.1 Å². The van der Waals surface area contributed by atoms with Crippen molar-refractivity contribution in [2.24, 2.45) is 0 Å². The van der Waals surface area contributed by atoms with Crippen molar-refractivity contribution in [3.63, 3.8) is 0 Å². The fraction of sp³-hybridized carbons (Fsp3) is 0.600. The summed E-state index contributed by atoms with van der Waals surface area (Å²) in [6.07, 6.45) is 5.38. The van der Waals surface area contributed by atoms with Crippen LogP contribution in [0.25, 0.3) is 0 Å². The van der Waals surface area contributed by atoms with Crippen molar-refractivity contribution in [1.82, 2.24) is 10.2 Å². The molecule has 3 rings (SSSR count). The van der Waals surface area contributed by atoms with Gasteiger partial charge < -0.3 is 5.32 Å². The minimum Gasteiger partial charge on any atom is -0.313 e. The summed E-state index contributed by atoms with van der Waals surface area (Å²) >= 11 is 9.57. The van der Waals surface area contributed by atoms with E-state index in [0.29, 0.717) is 6.04 Å². The number of rotatable bonds is 5. The Bertz CT molecular complexity index is 442. The second kappa shape index (κ2) is 6.13. The van der Waals surface area contributed by atoms with E-state index in [0.717, 1.165) is 22.1 Å². The number of halogens is 2. The molecular formula is C15H20BrClN2. The summed E-state index contributed by atoms with van der Waals surface area (Å²) < 4.78 is 1.00. The van der Waals surface area contributed by atoms with Gasteiger partial charge in [-0.3, -0.25) is 4.90 Å². The maximum absolute atomic E-state index is 6.06. The van der Waals surface area contributed by atoms with Crippen LogP contribution in [0.1, 0.15) is 31.2 Å². The number of nitrogens with one attached hydrogen (secondary N) is 1. The lowest BCUT2D eigenvalue weighted by Gasteiger charge is -2.25. The van der Waals surface area contributed by atoms with Crippen LogP contribution in [0.4, 0.5) is 0 Å². The van der Waals surface area contributed by atoms with E-state index in [1.54, 1.807) is 0 Å². The van der Waals surface area contributed by atoms with E-state index in [1.807, 2.05) is 6.07 Å². The highest BCUT2D eigenvalue weighted by Crippen LogP contribution is 2.30. The summed E-state index contributed by atoms with van der Waals surface area (Å²) in [5.74, 6) is 0. The molecule has 1 heterocycles. The van der Waals surface area contributed by atoms with Gasteiger partial charge in [0.15, 0.2) is 0 Å². The quantitative estimate of drug-likeness (QED) is 0.874. The lowest BCUT2D eigenvalue weighted by atomic mass is 10.1. The molecule has 1 saturated carbocycles. The Kier molecular flexibility index (Phi) is 4.47.